The molecule has 30 heavy (non-hydrogen) atoms. The summed E-state index contributed by atoms with van der Waals surface area (Å²) in [5.41, 5.74) is 4.43. The van der Waals surface area contributed by atoms with E-state index >= 15 is 0 Å². The molecule has 150 valence electrons. The van der Waals surface area contributed by atoms with Crippen LogP contribution < -0.4 is 10.1 Å². The van der Waals surface area contributed by atoms with Gasteiger partial charge in [0.15, 0.2) is 0 Å². The van der Waals surface area contributed by atoms with E-state index in [1.807, 2.05) is 56.3 Å². The van der Waals surface area contributed by atoms with E-state index in [-0.39, 0.29) is 5.91 Å². The van der Waals surface area contributed by atoms with Crippen LogP contribution in [0.1, 0.15) is 27.2 Å². The van der Waals surface area contributed by atoms with Crippen LogP contribution >= 0.6 is 11.6 Å². The first kappa shape index (κ1) is 19.9. The number of ether oxygens (including phenoxy) is 1. The summed E-state index contributed by atoms with van der Waals surface area (Å²) in [5, 5.41) is 4.48. The zero-order chi connectivity index (χ0) is 21.1. The summed E-state index contributed by atoms with van der Waals surface area (Å²) >= 11 is 5.96. The summed E-state index contributed by atoms with van der Waals surface area (Å²) in [7, 11) is 0. The molecule has 2 heterocycles. The van der Waals surface area contributed by atoms with Crippen LogP contribution in [0.25, 0.3) is 10.9 Å². The molecule has 5 nitrogen and oxygen atoms in total. The fraction of sp³-hybridized carbons (Fsp3) is 0.125. The van der Waals surface area contributed by atoms with Gasteiger partial charge in [-0.1, -0.05) is 29.8 Å². The van der Waals surface area contributed by atoms with Crippen LogP contribution in [0.15, 0.2) is 67.0 Å². The quantitative estimate of drug-likeness (QED) is 0.450. The van der Waals surface area contributed by atoms with Crippen molar-refractivity contribution in [3.63, 3.8) is 0 Å². The molecule has 0 aliphatic carbocycles. The number of pyridine rings is 2. The second kappa shape index (κ2) is 8.51. The third-order valence-electron chi connectivity index (χ3n) is 4.82. The van der Waals surface area contributed by atoms with Crippen LogP contribution in [0, 0.1) is 13.8 Å². The second-order valence-electron chi connectivity index (χ2n) is 6.98. The third-order valence-corrected chi connectivity index (χ3v) is 5.07. The number of fused-ring (bicyclic) bond motifs is 1. The van der Waals surface area contributed by atoms with Crippen LogP contribution in [0.4, 0.5) is 5.69 Å². The number of hydrogen-bond acceptors (Lipinski definition) is 4. The van der Waals surface area contributed by atoms with Gasteiger partial charge in [-0.3, -0.25) is 14.8 Å². The normalized spacial score (nSPS) is 10.8. The molecule has 4 rings (SSSR count). The van der Waals surface area contributed by atoms with Crippen LogP contribution in [-0.2, 0) is 6.61 Å². The molecule has 6 heteroatoms. The smallest absolute Gasteiger partial charge is 0.257 e. The van der Waals surface area contributed by atoms with Gasteiger partial charge in [0.2, 0.25) is 0 Å². The summed E-state index contributed by atoms with van der Waals surface area (Å²) in [5.74, 6) is 0.516. The molecule has 0 radical (unpaired) electrons. The average Bonchev–Trinajstić information content (AvgIpc) is 2.74. The summed E-state index contributed by atoms with van der Waals surface area (Å²) in [4.78, 5) is 21.5. The number of aromatic nitrogens is 2. The topological polar surface area (TPSA) is 64.1 Å². The van der Waals surface area contributed by atoms with E-state index < -0.39 is 0 Å². The molecule has 0 spiro atoms. The number of para-hydroxylation sites is 1. The molecule has 4 aromatic rings. The van der Waals surface area contributed by atoms with Crippen LogP contribution in [-0.4, -0.2) is 15.9 Å². The predicted octanol–water partition coefficient (Wildman–Crippen LogP) is 5.73. The van der Waals surface area contributed by atoms with E-state index in [4.69, 9.17) is 16.3 Å². The molecule has 2 aromatic heterocycles. The minimum atomic E-state index is -0.223. The molecule has 0 aliphatic heterocycles. The van der Waals surface area contributed by atoms with Gasteiger partial charge in [-0.25, -0.2) is 0 Å². The van der Waals surface area contributed by atoms with Gasteiger partial charge in [-0.05, 0) is 55.8 Å². The van der Waals surface area contributed by atoms with Gasteiger partial charge < -0.3 is 10.1 Å². The summed E-state index contributed by atoms with van der Waals surface area (Å²) in [6, 6.07) is 16.7. The number of aryl methyl sites for hydroxylation is 2. The van der Waals surface area contributed by atoms with Gasteiger partial charge in [0.1, 0.15) is 12.4 Å². The summed E-state index contributed by atoms with van der Waals surface area (Å²) < 4.78 is 6.13. The lowest BCUT2D eigenvalue weighted by Gasteiger charge is -2.14. The Labute approximate surface area is 179 Å². The number of amides is 1. The molecule has 1 N–H and O–H groups in total. The van der Waals surface area contributed by atoms with Crippen molar-refractivity contribution in [1.29, 1.82) is 0 Å². The van der Waals surface area contributed by atoms with Gasteiger partial charge in [-0.15, -0.1) is 0 Å². The monoisotopic (exact) mass is 417 g/mol. The van der Waals surface area contributed by atoms with Crippen molar-refractivity contribution in [1.82, 2.24) is 9.97 Å². The van der Waals surface area contributed by atoms with Gasteiger partial charge in [0, 0.05) is 34.1 Å². The molecule has 0 saturated carbocycles. The minimum Gasteiger partial charge on any atom is -0.488 e. The van der Waals surface area contributed by atoms with Crippen molar-refractivity contribution in [2.75, 3.05) is 5.32 Å². The highest BCUT2D eigenvalue weighted by Gasteiger charge is 2.15. The number of nitrogens with zero attached hydrogens (tertiary/aromatic N) is 2. The highest BCUT2D eigenvalue weighted by atomic mass is 35.5. The van der Waals surface area contributed by atoms with Gasteiger partial charge >= 0.3 is 0 Å². The maximum atomic E-state index is 12.7. The number of nitrogens with one attached hydrogen (secondary N) is 1. The van der Waals surface area contributed by atoms with E-state index in [0.29, 0.717) is 34.1 Å². The van der Waals surface area contributed by atoms with Crippen LogP contribution in [0.5, 0.6) is 5.75 Å². The first-order valence-corrected chi connectivity index (χ1v) is 9.89. The molecular weight excluding hydrogens is 398 g/mol. The summed E-state index contributed by atoms with van der Waals surface area (Å²) in [6.45, 7) is 4.17. The second-order valence-corrected chi connectivity index (χ2v) is 7.41. The van der Waals surface area contributed by atoms with Crippen molar-refractivity contribution < 1.29 is 9.53 Å². The number of hydrogen-bond donors (Lipinski definition) is 1. The molecule has 0 atom stereocenters. The lowest BCUT2D eigenvalue weighted by molar-refractivity contribution is 0.102. The van der Waals surface area contributed by atoms with Gasteiger partial charge in [0.25, 0.3) is 5.91 Å². The van der Waals surface area contributed by atoms with E-state index in [0.717, 1.165) is 22.3 Å². The Kier molecular flexibility index (Phi) is 5.63. The lowest BCUT2D eigenvalue weighted by Crippen LogP contribution is -2.14. The molecule has 1 amide bonds. The van der Waals surface area contributed by atoms with Crippen LogP contribution in [0.3, 0.4) is 0 Å². The van der Waals surface area contributed by atoms with Crippen molar-refractivity contribution in [3.8, 4) is 5.75 Å². The molecule has 0 bridgehead atoms. The summed E-state index contributed by atoms with van der Waals surface area (Å²) in [6.07, 6.45) is 3.42. The number of carbonyl (C=O) groups excluding carboxylic acids is 1. The Morgan fingerprint density at radius 1 is 1.03 bits per heavy atom. The van der Waals surface area contributed by atoms with Crippen molar-refractivity contribution in [2.24, 2.45) is 0 Å². The Balaban J connectivity index is 1.65. The first-order chi connectivity index (χ1) is 14.5. The molecule has 0 unspecified atom stereocenters. The maximum Gasteiger partial charge on any atom is 0.257 e. The van der Waals surface area contributed by atoms with Crippen molar-refractivity contribution >= 4 is 34.1 Å². The molecule has 0 fully saturated rings. The molecular formula is C24H20ClN3O2. The number of benzene rings is 2. The number of anilines is 1. The third kappa shape index (κ3) is 4.11. The number of carbonyl (C=O) groups is 1. The van der Waals surface area contributed by atoms with E-state index in [1.54, 1.807) is 24.5 Å². The zero-order valence-corrected chi connectivity index (χ0v) is 17.4. The van der Waals surface area contributed by atoms with E-state index in [1.165, 1.54) is 0 Å². The largest absolute Gasteiger partial charge is 0.488 e. The SMILES string of the molecule is Cc1cnc2c(NC(=O)c3cccnc3C)cccc2c1OCc1ccc(Cl)cc1. The van der Waals surface area contributed by atoms with E-state index in [2.05, 4.69) is 15.3 Å². The van der Waals surface area contributed by atoms with Crippen molar-refractivity contribution in [3.05, 3.63) is 94.4 Å². The Morgan fingerprint density at radius 3 is 2.60 bits per heavy atom. The zero-order valence-electron chi connectivity index (χ0n) is 16.6. The van der Waals surface area contributed by atoms with Gasteiger partial charge in [0.05, 0.1) is 16.8 Å². The Bertz CT molecular complexity index is 1220. The minimum absolute atomic E-state index is 0.223. The molecule has 0 saturated heterocycles. The standard InChI is InChI=1S/C24H20ClN3O2/c1-15-13-27-22-20(23(15)30-14-17-8-10-18(25)11-9-17)5-3-7-21(22)28-24(29)19-6-4-12-26-16(19)2/h3-13H,14H2,1-2H3,(H,28,29). The maximum absolute atomic E-state index is 12.7. The Morgan fingerprint density at radius 2 is 1.83 bits per heavy atom. The predicted molar refractivity (Wildman–Crippen MR) is 119 cm³/mol. The molecule has 0 aliphatic rings. The van der Waals surface area contributed by atoms with Gasteiger partial charge in [-0.2, -0.15) is 0 Å². The fourth-order valence-electron chi connectivity index (χ4n) is 3.24. The highest BCUT2D eigenvalue weighted by Crippen LogP contribution is 2.32. The van der Waals surface area contributed by atoms with Crippen molar-refractivity contribution in [2.45, 2.75) is 20.5 Å². The highest BCUT2D eigenvalue weighted by molar-refractivity contribution is 6.30. The fourth-order valence-corrected chi connectivity index (χ4v) is 3.37. The number of rotatable bonds is 5. The number of halogens is 1. The lowest BCUT2D eigenvalue weighted by atomic mass is 10.1. The Hall–Kier alpha value is -3.44. The first-order valence-electron chi connectivity index (χ1n) is 9.51. The van der Waals surface area contributed by atoms with E-state index in [9.17, 15) is 4.79 Å². The molecule has 2 aromatic carbocycles. The van der Waals surface area contributed by atoms with Crippen LogP contribution in [0.2, 0.25) is 5.02 Å². The average molecular weight is 418 g/mol.